The van der Waals surface area contributed by atoms with E-state index in [1.54, 1.807) is 24.3 Å². The molecule has 0 atom stereocenters. The molecule has 0 saturated heterocycles. The SMILES string of the molecule is C#CCOc1c(OCC)cc(C=Nn2c(-c3ccccc3)nc3ccccc3c2=O)c(Br)c1Cl. The highest BCUT2D eigenvalue weighted by molar-refractivity contribution is 9.10. The molecule has 1 heterocycles. The van der Waals surface area contributed by atoms with Gasteiger partial charge in [-0.15, -0.1) is 6.42 Å². The van der Waals surface area contributed by atoms with Crippen molar-refractivity contribution in [2.75, 3.05) is 13.2 Å². The van der Waals surface area contributed by atoms with E-state index in [0.717, 1.165) is 5.56 Å². The maximum absolute atomic E-state index is 13.3. The van der Waals surface area contributed by atoms with Crippen molar-refractivity contribution in [2.24, 2.45) is 5.10 Å². The number of rotatable bonds is 7. The molecule has 0 spiro atoms. The Morgan fingerprint density at radius 1 is 1.18 bits per heavy atom. The number of terminal acetylenes is 1. The fraction of sp³-hybridized carbons (Fsp3) is 0.115. The lowest BCUT2D eigenvalue weighted by molar-refractivity contribution is 0.299. The minimum Gasteiger partial charge on any atom is -0.490 e. The van der Waals surface area contributed by atoms with Crippen LogP contribution in [0.3, 0.4) is 0 Å². The number of hydrogen-bond acceptors (Lipinski definition) is 5. The quantitative estimate of drug-likeness (QED) is 0.222. The number of ether oxygens (including phenoxy) is 2. The zero-order valence-electron chi connectivity index (χ0n) is 18.2. The van der Waals surface area contributed by atoms with Crippen LogP contribution >= 0.6 is 27.5 Å². The highest BCUT2D eigenvalue weighted by atomic mass is 79.9. The van der Waals surface area contributed by atoms with Crippen molar-refractivity contribution in [2.45, 2.75) is 6.92 Å². The van der Waals surface area contributed by atoms with Gasteiger partial charge in [-0.25, -0.2) is 4.98 Å². The number of aromatic nitrogens is 2. The Morgan fingerprint density at radius 2 is 1.91 bits per heavy atom. The van der Waals surface area contributed by atoms with E-state index in [1.807, 2.05) is 43.3 Å². The summed E-state index contributed by atoms with van der Waals surface area (Å²) in [4.78, 5) is 18.0. The molecule has 1 aromatic heterocycles. The molecule has 0 aliphatic heterocycles. The van der Waals surface area contributed by atoms with Gasteiger partial charge in [0.15, 0.2) is 17.3 Å². The summed E-state index contributed by atoms with van der Waals surface area (Å²) in [5, 5.41) is 5.25. The molecule has 0 N–H and O–H groups in total. The molecule has 0 aliphatic rings. The van der Waals surface area contributed by atoms with Crippen molar-refractivity contribution in [1.82, 2.24) is 9.66 Å². The average Bonchev–Trinajstić information content (AvgIpc) is 2.86. The predicted octanol–water partition coefficient (Wildman–Crippen LogP) is 5.77. The van der Waals surface area contributed by atoms with Crippen LogP contribution in [0.15, 0.2) is 75.0 Å². The third kappa shape index (κ3) is 4.69. The van der Waals surface area contributed by atoms with Crippen molar-refractivity contribution in [3.63, 3.8) is 0 Å². The zero-order chi connectivity index (χ0) is 24.1. The first-order valence-electron chi connectivity index (χ1n) is 10.4. The zero-order valence-corrected chi connectivity index (χ0v) is 20.5. The van der Waals surface area contributed by atoms with Crippen molar-refractivity contribution in [3.05, 3.63) is 86.1 Å². The Balaban J connectivity index is 1.88. The largest absolute Gasteiger partial charge is 0.490 e. The van der Waals surface area contributed by atoms with Gasteiger partial charge in [0.05, 0.1) is 23.7 Å². The van der Waals surface area contributed by atoms with Crippen molar-refractivity contribution >= 4 is 44.6 Å². The summed E-state index contributed by atoms with van der Waals surface area (Å²) in [6, 6.07) is 18.3. The predicted molar refractivity (Wildman–Crippen MR) is 139 cm³/mol. The number of hydrogen-bond donors (Lipinski definition) is 0. The van der Waals surface area contributed by atoms with E-state index in [0.29, 0.717) is 44.9 Å². The van der Waals surface area contributed by atoms with Crippen LogP contribution in [0, 0.1) is 12.3 Å². The summed E-state index contributed by atoms with van der Waals surface area (Å²) in [5.74, 6) is 3.58. The number of para-hydroxylation sites is 1. The Labute approximate surface area is 209 Å². The first-order chi connectivity index (χ1) is 16.5. The van der Waals surface area contributed by atoms with Gasteiger partial charge in [0, 0.05) is 15.6 Å². The van der Waals surface area contributed by atoms with E-state index in [2.05, 4.69) is 27.0 Å². The second-order valence-corrected chi connectivity index (χ2v) is 8.20. The van der Waals surface area contributed by atoms with Crippen LogP contribution in [-0.4, -0.2) is 29.1 Å². The molecular weight excluding hydrogens is 518 g/mol. The van der Waals surface area contributed by atoms with Gasteiger partial charge >= 0.3 is 0 Å². The summed E-state index contributed by atoms with van der Waals surface area (Å²) in [7, 11) is 0. The maximum atomic E-state index is 13.3. The van der Waals surface area contributed by atoms with E-state index in [1.165, 1.54) is 10.9 Å². The van der Waals surface area contributed by atoms with Crippen molar-refractivity contribution < 1.29 is 9.47 Å². The lowest BCUT2D eigenvalue weighted by Gasteiger charge is -2.15. The number of halogens is 2. The van der Waals surface area contributed by atoms with Crippen LogP contribution in [0.25, 0.3) is 22.3 Å². The smallest absolute Gasteiger partial charge is 0.282 e. The van der Waals surface area contributed by atoms with Gasteiger partial charge < -0.3 is 9.47 Å². The highest BCUT2D eigenvalue weighted by Crippen LogP contribution is 2.42. The standard InChI is InChI=1S/C26H19BrClN3O3/c1-3-14-34-24-21(33-4-2)15-18(22(27)23(24)28)16-29-31-25(17-10-6-5-7-11-17)30-20-13-9-8-12-19(20)26(31)32/h1,5-13,15-16H,4,14H2,2H3. The van der Waals surface area contributed by atoms with Gasteiger partial charge in [-0.05, 0) is 41.1 Å². The van der Waals surface area contributed by atoms with Crippen molar-refractivity contribution in [3.8, 4) is 35.2 Å². The second kappa shape index (κ2) is 10.6. The van der Waals surface area contributed by atoms with Gasteiger partial charge in [0.25, 0.3) is 5.56 Å². The number of benzene rings is 3. The molecule has 0 bridgehead atoms. The molecule has 0 fully saturated rings. The lowest BCUT2D eigenvalue weighted by atomic mass is 10.2. The molecule has 4 rings (SSSR count). The van der Waals surface area contributed by atoms with Gasteiger partial charge in [-0.2, -0.15) is 9.78 Å². The van der Waals surface area contributed by atoms with E-state index in [9.17, 15) is 4.79 Å². The van der Waals surface area contributed by atoms with Crippen LogP contribution in [0.4, 0.5) is 0 Å². The number of fused-ring (bicyclic) bond motifs is 1. The number of nitrogens with zero attached hydrogens (tertiary/aromatic N) is 3. The monoisotopic (exact) mass is 535 g/mol. The van der Waals surface area contributed by atoms with Gasteiger partial charge in [0.2, 0.25) is 0 Å². The molecule has 0 aliphatic carbocycles. The summed E-state index contributed by atoms with van der Waals surface area (Å²) in [6.45, 7) is 2.28. The van der Waals surface area contributed by atoms with Crippen LogP contribution < -0.4 is 15.0 Å². The lowest BCUT2D eigenvalue weighted by Crippen LogP contribution is -2.20. The fourth-order valence-electron chi connectivity index (χ4n) is 3.33. The Kier molecular flexibility index (Phi) is 7.31. The molecular formula is C26H19BrClN3O3. The summed E-state index contributed by atoms with van der Waals surface area (Å²) in [6.07, 6.45) is 6.84. The van der Waals surface area contributed by atoms with E-state index < -0.39 is 0 Å². The molecule has 0 amide bonds. The van der Waals surface area contributed by atoms with Gasteiger partial charge in [0.1, 0.15) is 11.6 Å². The molecule has 8 heteroatoms. The van der Waals surface area contributed by atoms with Crippen LogP contribution in [0.1, 0.15) is 12.5 Å². The first kappa shape index (κ1) is 23.6. The Morgan fingerprint density at radius 3 is 2.65 bits per heavy atom. The van der Waals surface area contributed by atoms with Crippen LogP contribution in [0.5, 0.6) is 11.5 Å². The van der Waals surface area contributed by atoms with Crippen molar-refractivity contribution in [1.29, 1.82) is 0 Å². The minimum absolute atomic E-state index is 0.0399. The van der Waals surface area contributed by atoms with Crippen LogP contribution in [-0.2, 0) is 0 Å². The molecule has 170 valence electrons. The molecule has 34 heavy (non-hydrogen) atoms. The van der Waals surface area contributed by atoms with E-state index in [4.69, 9.17) is 32.5 Å². The minimum atomic E-state index is -0.290. The summed E-state index contributed by atoms with van der Waals surface area (Å²) >= 11 is 10.0. The third-order valence-corrected chi connectivity index (χ3v) is 6.30. The molecule has 0 saturated carbocycles. The topological polar surface area (TPSA) is 65.7 Å². The van der Waals surface area contributed by atoms with E-state index in [-0.39, 0.29) is 17.2 Å². The normalized spacial score (nSPS) is 11.0. The van der Waals surface area contributed by atoms with Crippen LogP contribution in [0.2, 0.25) is 5.02 Å². The van der Waals surface area contributed by atoms with Gasteiger partial charge in [-0.3, -0.25) is 4.79 Å². The molecule has 3 aromatic carbocycles. The molecule has 0 radical (unpaired) electrons. The fourth-order valence-corrected chi connectivity index (χ4v) is 3.99. The third-order valence-electron chi connectivity index (χ3n) is 4.85. The Bertz CT molecular complexity index is 1480. The molecule has 4 aromatic rings. The second-order valence-electron chi connectivity index (χ2n) is 7.03. The summed E-state index contributed by atoms with van der Waals surface area (Å²) in [5.41, 5.74) is 1.64. The average molecular weight is 537 g/mol. The summed E-state index contributed by atoms with van der Waals surface area (Å²) < 4.78 is 13.1. The maximum Gasteiger partial charge on any atom is 0.282 e. The highest BCUT2D eigenvalue weighted by Gasteiger charge is 2.18. The first-order valence-corrected chi connectivity index (χ1v) is 11.5. The van der Waals surface area contributed by atoms with Gasteiger partial charge in [-0.1, -0.05) is 60.0 Å². The Hall–Kier alpha value is -3.60. The molecule has 0 unspecified atom stereocenters. The molecule has 6 nitrogen and oxygen atoms in total. The van der Waals surface area contributed by atoms with E-state index >= 15 is 0 Å².